The van der Waals surface area contributed by atoms with E-state index in [0.29, 0.717) is 46.3 Å². The zero-order chi connectivity index (χ0) is 23.8. The van der Waals surface area contributed by atoms with Gasteiger partial charge in [-0.15, -0.1) is 10.2 Å². The van der Waals surface area contributed by atoms with E-state index in [1.807, 2.05) is 35.8 Å². The number of hydrogen-bond acceptors (Lipinski definition) is 7. The lowest BCUT2D eigenvalue weighted by molar-refractivity contribution is -0.113. The number of nitrogens with zero attached hydrogens (tertiary/aromatic N) is 3. The molecule has 0 radical (unpaired) electrons. The standard InChI is InChI=1S/C23H27ClN4O4S/c1-5-15-7-9-16(10-8-15)32-13-21-26-27-23(28(21)6-2)33-14-22(29)25-18-12-19(30-3)17(24)11-20(18)31-4/h7-12H,5-6,13-14H2,1-4H3,(H,25,29). The third-order valence-corrected chi connectivity index (χ3v) is 6.15. The molecule has 0 aliphatic heterocycles. The van der Waals surface area contributed by atoms with Crippen LogP contribution in [0, 0.1) is 0 Å². The highest BCUT2D eigenvalue weighted by atomic mass is 35.5. The number of aryl methyl sites for hydroxylation is 1. The molecule has 0 unspecified atom stereocenters. The lowest BCUT2D eigenvalue weighted by Gasteiger charge is -2.13. The Morgan fingerprint density at radius 3 is 2.45 bits per heavy atom. The fourth-order valence-corrected chi connectivity index (χ4v) is 4.15. The first-order chi connectivity index (χ1) is 16.0. The second-order valence-corrected chi connectivity index (χ2v) is 8.30. The van der Waals surface area contributed by atoms with E-state index in [-0.39, 0.29) is 11.7 Å². The molecule has 176 valence electrons. The maximum atomic E-state index is 12.6. The van der Waals surface area contributed by atoms with Crippen molar-refractivity contribution in [3.05, 3.63) is 52.8 Å². The third kappa shape index (κ3) is 6.33. The smallest absolute Gasteiger partial charge is 0.234 e. The van der Waals surface area contributed by atoms with Crippen LogP contribution in [0.15, 0.2) is 41.6 Å². The van der Waals surface area contributed by atoms with Crippen LogP contribution in [-0.4, -0.2) is 40.6 Å². The first-order valence-electron chi connectivity index (χ1n) is 10.5. The van der Waals surface area contributed by atoms with E-state index in [2.05, 4.69) is 22.4 Å². The van der Waals surface area contributed by atoms with Crippen molar-refractivity contribution in [2.45, 2.75) is 38.6 Å². The first kappa shape index (κ1) is 24.7. The molecule has 0 fully saturated rings. The summed E-state index contributed by atoms with van der Waals surface area (Å²) in [7, 11) is 3.02. The van der Waals surface area contributed by atoms with Crippen LogP contribution in [0.5, 0.6) is 17.2 Å². The fourth-order valence-electron chi connectivity index (χ4n) is 3.09. The summed E-state index contributed by atoms with van der Waals surface area (Å²) in [6.07, 6.45) is 0.983. The van der Waals surface area contributed by atoms with Crippen molar-refractivity contribution in [3.63, 3.8) is 0 Å². The van der Waals surface area contributed by atoms with Gasteiger partial charge < -0.3 is 24.1 Å². The summed E-state index contributed by atoms with van der Waals surface area (Å²) >= 11 is 7.42. The normalized spacial score (nSPS) is 10.7. The number of hydrogen-bond donors (Lipinski definition) is 1. The molecule has 2 aromatic carbocycles. The minimum absolute atomic E-state index is 0.144. The molecule has 0 atom stereocenters. The second kappa shape index (κ2) is 11.8. The van der Waals surface area contributed by atoms with Crippen molar-refractivity contribution in [1.82, 2.24) is 14.8 Å². The first-order valence-corrected chi connectivity index (χ1v) is 11.8. The number of nitrogens with one attached hydrogen (secondary N) is 1. The Labute approximate surface area is 202 Å². The van der Waals surface area contributed by atoms with Gasteiger partial charge in [0.2, 0.25) is 5.91 Å². The highest BCUT2D eigenvalue weighted by Gasteiger charge is 2.16. The molecule has 33 heavy (non-hydrogen) atoms. The van der Waals surface area contributed by atoms with E-state index in [1.165, 1.54) is 31.5 Å². The van der Waals surface area contributed by atoms with E-state index in [4.69, 9.17) is 25.8 Å². The van der Waals surface area contributed by atoms with E-state index < -0.39 is 0 Å². The molecule has 1 amide bonds. The molecule has 0 aliphatic carbocycles. The number of rotatable bonds is 11. The monoisotopic (exact) mass is 490 g/mol. The number of aromatic nitrogens is 3. The van der Waals surface area contributed by atoms with Gasteiger partial charge in [-0.1, -0.05) is 42.4 Å². The van der Waals surface area contributed by atoms with E-state index in [1.54, 1.807) is 12.1 Å². The second-order valence-electron chi connectivity index (χ2n) is 6.95. The minimum Gasteiger partial charge on any atom is -0.495 e. The summed E-state index contributed by atoms with van der Waals surface area (Å²) in [5, 5.41) is 12.3. The summed E-state index contributed by atoms with van der Waals surface area (Å²) in [4.78, 5) is 12.6. The van der Waals surface area contributed by atoms with E-state index >= 15 is 0 Å². The summed E-state index contributed by atoms with van der Waals surface area (Å²) < 4.78 is 18.3. The van der Waals surface area contributed by atoms with Gasteiger partial charge in [0.25, 0.3) is 0 Å². The Morgan fingerprint density at radius 2 is 1.82 bits per heavy atom. The molecule has 0 aliphatic rings. The van der Waals surface area contributed by atoms with Gasteiger partial charge in [0, 0.05) is 18.7 Å². The van der Waals surface area contributed by atoms with Gasteiger partial charge in [-0.2, -0.15) is 0 Å². The molecule has 10 heteroatoms. The van der Waals surface area contributed by atoms with Crippen molar-refractivity contribution in [1.29, 1.82) is 0 Å². The predicted octanol–water partition coefficient (Wildman–Crippen LogP) is 4.84. The predicted molar refractivity (Wildman–Crippen MR) is 130 cm³/mol. The van der Waals surface area contributed by atoms with E-state index in [0.717, 1.165) is 12.2 Å². The number of carbonyl (C=O) groups excluding carboxylic acids is 1. The largest absolute Gasteiger partial charge is 0.495 e. The average Bonchev–Trinajstić information content (AvgIpc) is 3.24. The number of methoxy groups -OCH3 is 2. The van der Waals surface area contributed by atoms with Gasteiger partial charge in [0.1, 0.15) is 23.9 Å². The lowest BCUT2D eigenvalue weighted by atomic mass is 10.2. The molecular formula is C23H27ClN4O4S. The summed E-state index contributed by atoms with van der Waals surface area (Å²) in [5.74, 6) is 2.29. The Balaban J connectivity index is 1.61. The van der Waals surface area contributed by atoms with Gasteiger partial charge in [-0.05, 0) is 31.0 Å². The summed E-state index contributed by atoms with van der Waals surface area (Å²) in [5.41, 5.74) is 1.73. The Kier molecular flexibility index (Phi) is 8.85. The molecule has 1 aromatic heterocycles. The van der Waals surface area contributed by atoms with Crippen molar-refractivity contribution >= 4 is 35.0 Å². The van der Waals surface area contributed by atoms with Crippen LogP contribution in [0.2, 0.25) is 5.02 Å². The minimum atomic E-state index is -0.220. The lowest BCUT2D eigenvalue weighted by Crippen LogP contribution is -2.15. The van der Waals surface area contributed by atoms with Gasteiger partial charge in [0.05, 0.1) is 30.7 Å². The van der Waals surface area contributed by atoms with Crippen LogP contribution in [0.4, 0.5) is 5.69 Å². The van der Waals surface area contributed by atoms with Gasteiger partial charge in [-0.25, -0.2) is 0 Å². The van der Waals surface area contributed by atoms with Crippen LogP contribution < -0.4 is 19.5 Å². The number of ether oxygens (including phenoxy) is 3. The Hall–Kier alpha value is -2.91. The van der Waals surface area contributed by atoms with Crippen molar-refractivity contribution in [2.75, 3.05) is 25.3 Å². The van der Waals surface area contributed by atoms with Crippen LogP contribution in [-0.2, 0) is 24.4 Å². The van der Waals surface area contributed by atoms with Crippen LogP contribution in [0.25, 0.3) is 0 Å². The Bertz CT molecular complexity index is 1090. The molecule has 1 N–H and O–H groups in total. The molecule has 0 saturated heterocycles. The van der Waals surface area contributed by atoms with E-state index in [9.17, 15) is 4.79 Å². The molecule has 0 spiro atoms. The van der Waals surface area contributed by atoms with Gasteiger partial charge >= 0.3 is 0 Å². The number of halogens is 1. The van der Waals surface area contributed by atoms with Crippen molar-refractivity contribution in [3.8, 4) is 17.2 Å². The SMILES string of the molecule is CCc1ccc(OCc2nnc(SCC(=O)Nc3cc(OC)c(Cl)cc3OC)n2CC)cc1. The van der Waals surface area contributed by atoms with Crippen LogP contribution in [0.3, 0.4) is 0 Å². The highest BCUT2D eigenvalue weighted by Crippen LogP contribution is 2.36. The maximum Gasteiger partial charge on any atom is 0.234 e. The third-order valence-electron chi connectivity index (χ3n) is 4.89. The molecule has 8 nitrogen and oxygen atoms in total. The number of thioether (sulfide) groups is 1. The van der Waals surface area contributed by atoms with Crippen molar-refractivity contribution in [2.24, 2.45) is 0 Å². The number of amides is 1. The quantitative estimate of drug-likeness (QED) is 0.385. The molecular weight excluding hydrogens is 464 g/mol. The van der Waals surface area contributed by atoms with Crippen LogP contribution in [0.1, 0.15) is 25.2 Å². The number of carbonyl (C=O) groups is 1. The zero-order valence-electron chi connectivity index (χ0n) is 19.1. The average molecular weight is 491 g/mol. The van der Waals surface area contributed by atoms with Gasteiger partial charge in [0.15, 0.2) is 11.0 Å². The van der Waals surface area contributed by atoms with Crippen molar-refractivity contribution < 1.29 is 19.0 Å². The maximum absolute atomic E-state index is 12.6. The fraction of sp³-hybridized carbons (Fsp3) is 0.348. The molecule has 3 aromatic rings. The molecule has 3 rings (SSSR count). The number of benzene rings is 2. The van der Waals surface area contributed by atoms with Gasteiger partial charge in [-0.3, -0.25) is 4.79 Å². The summed E-state index contributed by atoms with van der Waals surface area (Å²) in [6, 6.07) is 11.2. The molecule has 0 saturated carbocycles. The molecule has 0 bridgehead atoms. The number of anilines is 1. The summed E-state index contributed by atoms with van der Waals surface area (Å²) in [6.45, 7) is 5.06. The van der Waals surface area contributed by atoms with Crippen LogP contribution >= 0.6 is 23.4 Å². The topological polar surface area (TPSA) is 87.5 Å². The molecule has 1 heterocycles. The zero-order valence-corrected chi connectivity index (χ0v) is 20.6. The highest BCUT2D eigenvalue weighted by molar-refractivity contribution is 7.99. The Morgan fingerprint density at radius 1 is 1.09 bits per heavy atom.